The average molecular weight is 399 g/mol. The number of rotatable bonds is 5. The van der Waals surface area contributed by atoms with Crippen molar-refractivity contribution >= 4 is 17.6 Å². The molecule has 0 spiro atoms. The van der Waals surface area contributed by atoms with Crippen molar-refractivity contribution in [3.63, 3.8) is 0 Å². The number of amides is 1. The molecule has 3 rings (SSSR count). The van der Waals surface area contributed by atoms with Crippen molar-refractivity contribution in [2.75, 3.05) is 38.2 Å². The number of methoxy groups -OCH3 is 1. The van der Waals surface area contributed by atoms with Gasteiger partial charge in [-0.15, -0.1) is 0 Å². The quantitative estimate of drug-likeness (QED) is 0.782. The first-order valence-corrected chi connectivity index (χ1v) is 9.90. The second kappa shape index (κ2) is 8.59. The van der Waals surface area contributed by atoms with Crippen LogP contribution >= 0.6 is 0 Å². The number of piperazine rings is 1. The van der Waals surface area contributed by atoms with Gasteiger partial charge in [0.1, 0.15) is 11.4 Å². The molecule has 7 nitrogen and oxygen atoms in total. The minimum atomic E-state index is -0.395. The maximum absolute atomic E-state index is 13.1. The fourth-order valence-electron chi connectivity index (χ4n) is 3.68. The lowest BCUT2D eigenvalue weighted by molar-refractivity contribution is 0.0376. The van der Waals surface area contributed by atoms with Crippen LogP contribution in [0.3, 0.4) is 0 Å². The number of anilines is 1. The van der Waals surface area contributed by atoms with Crippen molar-refractivity contribution in [3.05, 3.63) is 46.8 Å². The number of ether oxygens (including phenoxy) is 2. The summed E-state index contributed by atoms with van der Waals surface area (Å²) in [6.45, 7) is 9.90. The molecule has 1 aromatic carbocycles. The van der Waals surface area contributed by atoms with Crippen LogP contribution in [0.25, 0.3) is 0 Å². The van der Waals surface area contributed by atoms with E-state index in [1.54, 1.807) is 21.0 Å². The lowest BCUT2D eigenvalue weighted by Crippen LogP contribution is -2.49. The molecule has 2 heterocycles. The number of nitrogens with one attached hydrogen (secondary N) is 1. The Hall–Kier alpha value is -2.96. The molecular weight excluding hydrogens is 370 g/mol. The number of carbonyl (C=O) groups excluding carboxylic acids is 2. The van der Waals surface area contributed by atoms with E-state index in [2.05, 4.69) is 9.88 Å². The monoisotopic (exact) mass is 399 g/mol. The van der Waals surface area contributed by atoms with Gasteiger partial charge in [-0.05, 0) is 45.4 Å². The molecule has 1 amide bonds. The SMILES string of the molecule is COc1cccc(N2CCN(C(=O)c3[nH]c(C)c(C(=O)OC(C)C)c3C)CC2)c1. The molecule has 0 radical (unpaired) electrons. The van der Waals surface area contributed by atoms with Crippen molar-refractivity contribution in [3.8, 4) is 5.75 Å². The standard InChI is InChI=1S/C22H29N3O4/c1-14(2)29-22(27)19-15(3)20(23-16(19)4)21(26)25-11-9-24(10-12-25)17-7-6-8-18(13-17)28-5/h6-8,13-14,23H,9-12H2,1-5H3. The maximum atomic E-state index is 13.1. The number of aryl methyl sites for hydroxylation is 1. The molecule has 0 aliphatic carbocycles. The number of carbonyl (C=O) groups is 2. The molecular formula is C22H29N3O4. The summed E-state index contributed by atoms with van der Waals surface area (Å²) >= 11 is 0. The largest absolute Gasteiger partial charge is 0.497 e. The smallest absolute Gasteiger partial charge is 0.340 e. The Morgan fingerprint density at radius 2 is 1.79 bits per heavy atom. The van der Waals surface area contributed by atoms with Crippen LogP contribution in [0, 0.1) is 13.8 Å². The van der Waals surface area contributed by atoms with E-state index >= 15 is 0 Å². The number of H-pyrrole nitrogens is 1. The Labute approximate surface area is 171 Å². The van der Waals surface area contributed by atoms with E-state index in [4.69, 9.17) is 9.47 Å². The predicted octanol–water partition coefficient (Wildman–Crippen LogP) is 3.17. The molecule has 2 aromatic rings. The molecule has 0 atom stereocenters. The molecule has 0 saturated carbocycles. The van der Waals surface area contributed by atoms with Gasteiger partial charge in [0.2, 0.25) is 0 Å². The zero-order valence-electron chi connectivity index (χ0n) is 17.7. The Bertz CT molecular complexity index is 895. The second-order valence-corrected chi connectivity index (χ2v) is 7.56. The van der Waals surface area contributed by atoms with Crippen molar-refractivity contribution in [2.45, 2.75) is 33.8 Å². The molecule has 29 heavy (non-hydrogen) atoms. The number of esters is 1. The van der Waals surface area contributed by atoms with Crippen molar-refractivity contribution in [1.29, 1.82) is 0 Å². The fraction of sp³-hybridized carbons (Fsp3) is 0.455. The van der Waals surface area contributed by atoms with Crippen molar-refractivity contribution in [1.82, 2.24) is 9.88 Å². The first kappa shape index (κ1) is 20.8. The van der Waals surface area contributed by atoms with E-state index in [-0.39, 0.29) is 12.0 Å². The van der Waals surface area contributed by atoms with Gasteiger partial charge >= 0.3 is 5.97 Å². The predicted molar refractivity (Wildman–Crippen MR) is 112 cm³/mol. The first-order chi connectivity index (χ1) is 13.8. The van der Waals surface area contributed by atoms with E-state index < -0.39 is 5.97 Å². The van der Waals surface area contributed by atoms with Crippen molar-refractivity contribution < 1.29 is 19.1 Å². The van der Waals surface area contributed by atoms with Crippen LogP contribution in [0.1, 0.15) is 46.0 Å². The molecule has 1 saturated heterocycles. The molecule has 1 aliphatic rings. The molecule has 7 heteroatoms. The number of hydrogen-bond donors (Lipinski definition) is 1. The van der Waals surface area contributed by atoms with E-state index in [1.165, 1.54) is 0 Å². The second-order valence-electron chi connectivity index (χ2n) is 7.56. The molecule has 1 N–H and O–H groups in total. The maximum Gasteiger partial charge on any atom is 0.340 e. The number of nitrogens with zero attached hydrogens (tertiary/aromatic N) is 2. The molecule has 1 aliphatic heterocycles. The molecule has 1 aromatic heterocycles. The van der Waals surface area contributed by atoms with Gasteiger partial charge in [0.25, 0.3) is 5.91 Å². The number of aromatic nitrogens is 1. The Morgan fingerprint density at radius 1 is 1.10 bits per heavy atom. The normalized spacial score (nSPS) is 14.3. The van der Waals surface area contributed by atoms with Gasteiger partial charge in [0.05, 0.1) is 18.8 Å². The summed E-state index contributed by atoms with van der Waals surface area (Å²) in [6, 6.07) is 7.93. The van der Waals surface area contributed by atoms with Gasteiger partial charge in [-0.25, -0.2) is 4.79 Å². The summed E-state index contributed by atoms with van der Waals surface area (Å²) in [7, 11) is 1.65. The van der Waals surface area contributed by atoms with Gasteiger partial charge in [0.15, 0.2) is 0 Å². The van der Waals surface area contributed by atoms with E-state index in [1.807, 2.05) is 43.0 Å². The minimum absolute atomic E-state index is 0.0838. The van der Waals surface area contributed by atoms with Crippen LogP contribution in [0.2, 0.25) is 0 Å². The highest BCUT2D eigenvalue weighted by atomic mass is 16.5. The van der Waals surface area contributed by atoms with Gasteiger partial charge in [-0.2, -0.15) is 0 Å². The van der Waals surface area contributed by atoms with E-state index in [9.17, 15) is 9.59 Å². The summed E-state index contributed by atoms with van der Waals surface area (Å²) in [5.74, 6) is 0.340. The van der Waals surface area contributed by atoms with Crippen LogP contribution < -0.4 is 9.64 Å². The van der Waals surface area contributed by atoms with Gasteiger partial charge in [-0.3, -0.25) is 4.79 Å². The third kappa shape index (κ3) is 4.39. The summed E-state index contributed by atoms with van der Waals surface area (Å²) in [4.78, 5) is 32.6. The zero-order chi connectivity index (χ0) is 21.1. The Morgan fingerprint density at radius 3 is 2.41 bits per heavy atom. The molecule has 156 valence electrons. The molecule has 0 unspecified atom stereocenters. The van der Waals surface area contributed by atoms with Gasteiger partial charge in [-0.1, -0.05) is 6.07 Å². The van der Waals surface area contributed by atoms with Crippen LogP contribution in [-0.2, 0) is 4.74 Å². The summed E-state index contributed by atoms with van der Waals surface area (Å²) in [5.41, 5.74) is 3.31. The summed E-state index contributed by atoms with van der Waals surface area (Å²) < 4.78 is 10.6. The molecule has 1 fully saturated rings. The van der Waals surface area contributed by atoms with Crippen molar-refractivity contribution in [2.24, 2.45) is 0 Å². The van der Waals surface area contributed by atoms with E-state index in [0.29, 0.717) is 35.6 Å². The highest BCUT2D eigenvalue weighted by Crippen LogP contribution is 2.24. The highest BCUT2D eigenvalue weighted by molar-refractivity contribution is 6.00. The Kier molecular flexibility index (Phi) is 6.15. The van der Waals surface area contributed by atoms with Gasteiger partial charge < -0.3 is 24.3 Å². The first-order valence-electron chi connectivity index (χ1n) is 9.90. The minimum Gasteiger partial charge on any atom is -0.497 e. The van der Waals surface area contributed by atoms with Crippen LogP contribution in [-0.4, -0.2) is 61.2 Å². The average Bonchev–Trinajstić information content (AvgIpc) is 3.01. The summed E-state index contributed by atoms with van der Waals surface area (Å²) in [5, 5.41) is 0. The van der Waals surface area contributed by atoms with Crippen LogP contribution in [0.5, 0.6) is 5.75 Å². The molecule has 0 bridgehead atoms. The highest BCUT2D eigenvalue weighted by Gasteiger charge is 2.28. The van der Waals surface area contributed by atoms with E-state index in [0.717, 1.165) is 24.5 Å². The lowest BCUT2D eigenvalue weighted by atomic mass is 10.1. The third-order valence-corrected chi connectivity index (χ3v) is 5.18. The van der Waals surface area contributed by atoms with Crippen LogP contribution in [0.15, 0.2) is 24.3 Å². The fourth-order valence-corrected chi connectivity index (χ4v) is 3.68. The zero-order valence-corrected chi connectivity index (χ0v) is 17.7. The summed E-state index contributed by atoms with van der Waals surface area (Å²) in [6.07, 6.45) is -0.208. The number of hydrogen-bond acceptors (Lipinski definition) is 5. The third-order valence-electron chi connectivity index (χ3n) is 5.18. The Balaban J connectivity index is 1.70. The van der Waals surface area contributed by atoms with Gasteiger partial charge in [0, 0.05) is 43.6 Å². The van der Waals surface area contributed by atoms with Crippen LogP contribution in [0.4, 0.5) is 5.69 Å². The lowest BCUT2D eigenvalue weighted by Gasteiger charge is -2.36. The number of aromatic amines is 1. The topological polar surface area (TPSA) is 74.9 Å². The number of benzene rings is 1.